The third-order valence-electron chi connectivity index (χ3n) is 7.34. The summed E-state index contributed by atoms with van der Waals surface area (Å²) in [5.41, 5.74) is 6.42. The lowest BCUT2D eigenvalue weighted by Crippen LogP contribution is -2.51. The first-order valence-electron chi connectivity index (χ1n) is 10.5. The molecule has 2 heterocycles. The molecule has 26 heavy (non-hydrogen) atoms. The number of carbonyl (C=O) groups excluding carboxylic acids is 1. The number of amides is 1. The van der Waals surface area contributed by atoms with Crippen LogP contribution >= 0.6 is 24.8 Å². The van der Waals surface area contributed by atoms with E-state index in [0.29, 0.717) is 29.8 Å². The Morgan fingerprint density at radius 3 is 2.15 bits per heavy atom. The van der Waals surface area contributed by atoms with E-state index in [0.717, 1.165) is 25.9 Å². The quantitative estimate of drug-likeness (QED) is 0.781. The number of piperidine rings is 1. The highest BCUT2D eigenvalue weighted by Crippen LogP contribution is 2.43. The summed E-state index contributed by atoms with van der Waals surface area (Å²) < 4.78 is 0. The Kier molecular flexibility index (Phi) is 8.52. The SMILES string of the molecule is Cl.Cl.NC1C2CCCC1CC(C(=O)N1CCCC1CN1CCCCC1)C2. The molecule has 1 amide bonds. The number of nitrogens with zero attached hydrogens (tertiary/aromatic N) is 2. The number of likely N-dealkylation sites (tertiary alicyclic amines) is 2. The van der Waals surface area contributed by atoms with Crippen molar-refractivity contribution in [1.82, 2.24) is 9.80 Å². The lowest BCUT2D eigenvalue weighted by atomic mass is 9.65. The Hall–Kier alpha value is -0.0300. The lowest BCUT2D eigenvalue weighted by molar-refractivity contribution is -0.139. The molecule has 4 fully saturated rings. The molecule has 4 nitrogen and oxygen atoms in total. The van der Waals surface area contributed by atoms with E-state index in [2.05, 4.69) is 9.80 Å². The Labute approximate surface area is 171 Å². The number of carbonyl (C=O) groups is 1. The summed E-state index contributed by atoms with van der Waals surface area (Å²) in [7, 11) is 0. The molecule has 2 aliphatic heterocycles. The highest BCUT2D eigenvalue weighted by atomic mass is 35.5. The van der Waals surface area contributed by atoms with Crippen LogP contribution in [0.25, 0.3) is 0 Å². The van der Waals surface area contributed by atoms with Gasteiger partial charge in [0.25, 0.3) is 0 Å². The van der Waals surface area contributed by atoms with E-state index in [9.17, 15) is 4.79 Å². The van der Waals surface area contributed by atoms with Gasteiger partial charge in [-0.2, -0.15) is 0 Å². The van der Waals surface area contributed by atoms with E-state index in [1.807, 2.05) is 0 Å². The maximum Gasteiger partial charge on any atom is 0.225 e. The van der Waals surface area contributed by atoms with Crippen molar-refractivity contribution in [2.75, 3.05) is 26.2 Å². The van der Waals surface area contributed by atoms with Crippen LogP contribution in [0, 0.1) is 17.8 Å². The number of rotatable bonds is 3. The number of hydrogen-bond acceptors (Lipinski definition) is 3. The van der Waals surface area contributed by atoms with Crippen molar-refractivity contribution in [3.8, 4) is 0 Å². The Balaban J connectivity index is 0.00000121. The van der Waals surface area contributed by atoms with Crippen LogP contribution in [0.15, 0.2) is 0 Å². The fourth-order valence-electron chi connectivity index (χ4n) is 5.98. The largest absolute Gasteiger partial charge is 0.338 e. The Bertz CT molecular complexity index is 444. The Morgan fingerprint density at radius 2 is 1.50 bits per heavy atom. The van der Waals surface area contributed by atoms with E-state index in [1.165, 1.54) is 64.5 Å². The van der Waals surface area contributed by atoms with Gasteiger partial charge in [-0.1, -0.05) is 12.8 Å². The van der Waals surface area contributed by atoms with Crippen LogP contribution in [0.3, 0.4) is 0 Å². The van der Waals surface area contributed by atoms with Gasteiger partial charge < -0.3 is 15.5 Å². The standard InChI is InChI=1S/C20H35N3O.2ClH/c21-19-15-6-4-7-16(19)13-17(12-15)20(24)23-11-5-8-18(23)14-22-9-2-1-3-10-22;;/h15-19H,1-14,21H2;2*1H. The highest BCUT2D eigenvalue weighted by molar-refractivity contribution is 5.85. The first kappa shape index (κ1) is 22.3. The number of nitrogens with two attached hydrogens (primary N) is 1. The molecule has 0 aromatic rings. The minimum atomic E-state index is 0. The number of hydrogen-bond donors (Lipinski definition) is 1. The van der Waals surface area contributed by atoms with Crippen LogP contribution in [0.1, 0.15) is 64.2 Å². The summed E-state index contributed by atoms with van der Waals surface area (Å²) in [6.45, 7) is 4.59. The van der Waals surface area contributed by atoms with Crippen molar-refractivity contribution in [3.05, 3.63) is 0 Å². The predicted molar refractivity (Wildman–Crippen MR) is 111 cm³/mol. The number of halogens is 2. The molecule has 3 atom stereocenters. The zero-order valence-corrected chi connectivity index (χ0v) is 17.6. The van der Waals surface area contributed by atoms with E-state index in [-0.39, 0.29) is 30.7 Å². The summed E-state index contributed by atoms with van der Waals surface area (Å²) in [6.07, 6.45) is 12.4. The van der Waals surface area contributed by atoms with Crippen LogP contribution in [-0.4, -0.2) is 54.0 Å². The molecule has 3 unspecified atom stereocenters. The monoisotopic (exact) mass is 405 g/mol. The van der Waals surface area contributed by atoms with Gasteiger partial charge in [-0.05, 0) is 76.3 Å². The average Bonchev–Trinajstić information content (AvgIpc) is 3.03. The number of fused-ring (bicyclic) bond motifs is 2. The maximum absolute atomic E-state index is 13.3. The fourth-order valence-corrected chi connectivity index (χ4v) is 5.98. The van der Waals surface area contributed by atoms with Crippen molar-refractivity contribution < 1.29 is 4.79 Å². The van der Waals surface area contributed by atoms with E-state index in [4.69, 9.17) is 5.73 Å². The first-order chi connectivity index (χ1) is 11.7. The lowest BCUT2D eigenvalue weighted by Gasteiger charge is -2.45. The van der Waals surface area contributed by atoms with Crippen molar-refractivity contribution in [3.63, 3.8) is 0 Å². The van der Waals surface area contributed by atoms with Gasteiger partial charge in [0.2, 0.25) is 5.91 Å². The molecule has 2 aliphatic carbocycles. The molecule has 4 aliphatic rings. The zero-order chi connectivity index (χ0) is 16.5. The average molecular weight is 406 g/mol. The highest BCUT2D eigenvalue weighted by Gasteiger charge is 2.43. The summed E-state index contributed by atoms with van der Waals surface area (Å²) >= 11 is 0. The molecule has 4 rings (SSSR count). The Morgan fingerprint density at radius 1 is 0.846 bits per heavy atom. The molecular weight excluding hydrogens is 369 g/mol. The van der Waals surface area contributed by atoms with Gasteiger partial charge in [0.1, 0.15) is 0 Å². The molecule has 6 heteroatoms. The second kappa shape index (κ2) is 9.95. The molecule has 2 N–H and O–H groups in total. The van der Waals surface area contributed by atoms with Crippen LogP contribution in [0.2, 0.25) is 0 Å². The molecule has 0 radical (unpaired) electrons. The topological polar surface area (TPSA) is 49.6 Å². The third kappa shape index (κ3) is 4.68. The molecule has 0 aromatic heterocycles. The minimum absolute atomic E-state index is 0. The van der Waals surface area contributed by atoms with E-state index >= 15 is 0 Å². The van der Waals surface area contributed by atoms with Gasteiger partial charge in [0.15, 0.2) is 0 Å². The summed E-state index contributed by atoms with van der Waals surface area (Å²) in [4.78, 5) is 18.1. The van der Waals surface area contributed by atoms with E-state index < -0.39 is 0 Å². The van der Waals surface area contributed by atoms with Gasteiger partial charge in [-0.3, -0.25) is 4.79 Å². The predicted octanol–water partition coefficient (Wildman–Crippen LogP) is 3.46. The first-order valence-corrected chi connectivity index (χ1v) is 10.5. The van der Waals surface area contributed by atoms with Gasteiger partial charge in [-0.15, -0.1) is 24.8 Å². The maximum atomic E-state index is 13.3. The van der Waals surface area contributed by atoms with Crippen LogP contribution < -0.4 is 5.73 Å². The summed E-state index contributed by atoms with van der Waals surface area (Å²) in [5.74, 6) is 1.95. The molecule has 2 saturated heterocycles. The van der Waals surface area contributed by atoms with Gasteiger partial charge in [-0.25, -0.2) is 0 Å². The minimum Gasteiger partial charge on any atom is -0.338 e. The van der Waals surface area contributed by atoms with Gasteiger partial charge >= 0.3 is 0 Å². The smallest absolute Gasteiger partial charge is 0.225 e. The normalized spacial score (nSPS) is 37.6. The molecule has 0 spiro atoms. The molecule has 0 aromatic carbocycles. The molecule has 152 valence electrons. The van der Waals surface area contributed by atoms with Crippen molar-refractivity contribution in [2.45, 2.75) is 76.3 Å². The summed E-state index contributed by atoms with van der Waals surface area (Å²) in [5, 5.41) is 0. The summed E-state index contributed by atoms with van der Waals surface area (Å²) in [6, 6.07) is 0.844. The van der Waals surface area contributed by atoms with Crippen LogP contribution in [-0.2, 0) is 4.79 Å². The van der Waals surface area contributed by atoms with Crippen LogP contribution in [0.5, 0.6) is 0 Å². The third-order valence-corrected chi connectivity index (χ3v) is 7.34. The molecule has 2 saturated carbocycles. The zero-order valence-electron chi connectivity index (χ0n) is 16.0. The fraction of sp³-hybridized carbons (Fsp3) is 0.950. The van der Waals surface area contributed by atoms with Gasteiger partial charge in [0, 0.05) is 31.1 Å². The van der Waals surface area contributed by atoms with Crippen molar-refractivity contribution in [1.29, 1.82) is 0 Å². The van der Waals surface area contributed by atoms with E-state index in [1.54, 1.807) is 0 Å². The van der Waals surface area contributed by atoms with Gasteiger partial charge in [0.05, 0.1) is 0 Å². The molecule has 2 bridgehead atoms. The van der Waals surface area contributed by atoms with Crippen LogP contribution in [0.4, 0.5) is 0 Å². The van der Waals surface area contributed by atoms with Crippen molar-refractivity contribution in [2.24, 2.45) is 23.5 Å². The van der Waals surface area contributed by atoms with Crippen molar-refractivity contribution >= 4 is 30.7 Å². The molecular formula is C20H37Cl2N3O. The second-order valence-electron chi connectivity index (χ2n) is 8.89. The second-order valence-corrected chi connectivity index (χ2v) is 8.89.